The Hall–Kier alpha value is -4.40. The number of nitrogens with two attached hydrogens (primary N) is 1. The van der Waals surface area contributed by atoms with Gasteiger partial charge in [-0.2, -0.15) is 0 Å². The number of hydrogen-bond acceptors (Lipinski definition) is 4. The summed E-state index contributed by atoms with van der Waals surface area (Å²) in [6.45, 7) is 3.74. The summed E-state index contributed by atoms with van der Waals surface area (Å²) in [5.41, 5.74) is 7.82. The molecule has 3 rings (SSSR count). The number of fused-ring (bicyclic) bond motifs is 1. The number of aryl methyl sites for hydroxylation is 2. The van der Waals surface area contributed by atoms with Gasteiger partial charge in [-0.1, -0.05) is 42.5 Å². The summed E-state index contributed by atoms with van der Waals surface area (Å²) in [4.78, 5) is 48.5. The lowest BCUT2D eigenvalue weighted by Gasteiger charge is -2.18. The number of aliphatic carboxylic acids is 1. The average Bonchev–Trinajstić information content (AvgIpc) is 2.78. The van der Waals surface area contributed by atoms with Gasteiger partial charge in [0.2, 0.25) is 5.91 Å². The lowest BCUT2D eigenvalue weighted by Crippen LogP contribution is -2.41. The van der Waals surface area contributed by atoms with Crippen molar-refractivity contribution in [1.82, 2.24) is 5.32 Å². The molecule has 0 aliphatic carbocycles. The minimum absolute atomic E-state index is 0.0840. The van der Waals surface area contributed by atoms with Crippen molar-refractivity contribution < 1.29 is 24.3 Å². The van der Waals surface area contributed by atoms with Crippen LogP contribution in [0.3, 0.4) is 0 Å². The second-order valence-corrected chi connectivity index (χ2v) is 7.96. The zero-order chi connectivity index (χ0) is 24.8. The first-order chi connectivity index (χ1) is 16.2. The van der Waals surface area contributed by atoms with Gasteiger partial charge in [-0.25, -0.2) is 9.59 Å². The van der Waals surface area contributed by atoms with E-state index in [4.69, 9.17) is 5.73 Å². The van der Waals surface area contributed by atoms with Crippen molar-refractivity contribution in [2.45, 2.75) is 32.7 Å². The highest BCUT2D eigenvalue weighted by atomic mass is 16.4. The van der Waals surface area contributed by atoms with Crippen molar-refractivity contribution in [2.24, 2.45) is 5.73 Å². The van der Waals surface area contributed by atoms with E-state index in [1.807, 2.05) is 44.2 Å². The van der Waals surface area contributed by atoms with Crippen molar-refractivity contribution in [2.75, 3.05) is 10.6 Å². The van der Waals surface area contributed by atoms with Gasteiger partial charge in [0.1, 0.15) is 6.04 Å². The smallest absolute Gasteiger partial charge is 0.326 e. The van der Waals surface area contributed by atoms with Crippen LogP contribution < -0.4 is 21.7 Å². The zero-order valence-corrected chi connectivity index (χ0v) is 18.8. The second-order valence-electron chi connectivity index (χ2n) is 7.96. The summed E-state index contributed by atoms with van der Waals surface area (Å²) in [7, 11) is 0. The maximum absolute atomic E-state index is 13.1. The highest BCUT2D eigenvalue weighted by molar-refractivity contribution is 6.10. The van der Waals surface area contributed by atoms with Crippen molar-refractivity contribution in [3.05, 3.63) is 71.3 Å². The van der Waals surface area contributed by atoms with Crippen LogP contribution in [0.15, 0.2) is 54.6 Å². The summed E-state index contributed by atoms with van der Waals surface area (Å²) in [5.74, 6) is -2.67. The van der Waals surface area contributed by atoms with E-state index in [1.54, 1.807) is 24.3 Å². The van der Waals surface area contributed by atoms with Gasteiger partial charge in [-0.15, -0.1) is 0 Å². The van der Waals surface area contributed by atoms with Gasteiger partial charge in [0, 0.05) is 12.1 Å². The van der Waals surface area contributed by atoms with Crippen LogP contribution >= 0.6 is 0 Å². The van der Waals surface area contributed by atoms with Gasteiger partial charge >= 0.3 is 12.0 Å². The fourth-order valence-corrected chi connectivity index (χ4v) is 3.59. The fourth-order valence-electron chi connectivity index (χ4n) is 3.59. The average molecular weight is 463 g/mol. The topological polar surface area (TPSA) is 151 Å². The van der Waals surface area contributed by atoms with E-state index in [-0.39, 0.29) is 24.1 Å². The normalized spacial score (nSPS) is 11.5. The first-order valence-corrected chi connectivity index (χ1v) is 10.6. The highest BCUT2D eigenvalue weighted by Crippen LogP contribution is 2.26. The molecule has 176 valence electrons. The van der Waals surface area contributed by atoms with Gasteiger partial charge in [-0.05, 0) is 54.3 Å². The highest BCUT2D eigenvalue weighted by Gasteiger charge is 2.23. The van der Waals surface area contributed by atoms with Crippen LogP contribution in [0.4, 0.5) is 16.2 Å². The maximum Gasteiger partial charge on any atom is 0.326 e. The predicted molar refractivity (Wildman–Crippen MR) is 130 cm³/mol. The Morgan fingerprint density at radius 1 is 0.912 bits per heavy atom. The molecule has 0 saturated heterocycles. The Kier molecular flexibility index (Phi) is 7.47. The second kappa shape index (κ2) is 10.5. The van der Waals surface area contributed by atoms with Crippen LogP contribution in [0.5, 0.6) is 0 Å². The molecule has 9 nitrogen and oxygen atoms in total. The molecule has 1 atom stereocenters. The molecule has 6 N–H and O–H groups in total. The van der Waals surface area contributed by atoms with Crippen molar-refractivity contribution >= 4 is 46.0 Å². The monoisotopic (exact) mass is 462 g/mol. The summed E-state index contributed by atoms with van der Waals surface area (Å²) < 4.78 is 0. The molecule has 3 aromatic carbocycles. The largest absolute Gasteiger partial charge is 0.480 e. The molecule has 0 aliphatic rings. The Labute approximate surface area is 196 Å². The summed E-state index contributed by atoms with van der Waals surface area (Å²) in [6, 6.07) is 14.2. The van der Waals surface area contributed by atoms with Gasteiger partial charge in [0.15, 0.2) is 0 Å². The third-order valence-corrected chi connectivity index (χ3v) is 5.38. The minimum Gasteiger partial charge on any atom is -0.480 e. The number of para-hydroxylation sites is 1. The molecule has 9 heteroatoms. The Morgan fingerprint density at radius 3 is 2.12 bits per heavy atom. The molecule has 4 amide bonds. The predicted octanol–water partition coefficient (Wildman–Crippen LogP) is 3.55. The number of anilines is 2. The van der Waals surface area contributed by atoms with Crippen molar-refractivity contribution in [3.63, 3.8) is 0 Å². The van der Waals surface area contributed by atoms with Crippen molar-refractivity contribution in [1.29, 1.82) is 0 Å². The van der Waals surface area contributed by atoms with E-state index >= 15 is 0 Å². The first kappa shape index (κ1) is 24.2. The SMILES string of the molecule is Cc1cccc(C)c1NC(=O)Nc1cc2ccccc2cc1C(=O)N[C@@H](CCC(N)=O)C(=O)O. The van der Waals surface area contributed by atoms with E-state index in [9.17, 15) is 24.3 Å². The van der Waals surface area contributed by atoms with E-state index in [2.05, 4.69) is 16.0 Å². The Balaban J connectivity index is 1.91. The van der Waals surface area contributed by atoms with Crippen LogP contribution in [0, 0.1) is 13.8 Å². The standard InChI is InChI=1S/C25H26N4O5/c1-14-6-5-7-15(2)22(14)29-25(34)28-20-13-17-9-4-3-8-16(17)12-18(20)23(31)27-19(24(32)33)10-11-21(26)30/h3-9,12-13,19H,10-11H2,1-2H3,(H2,26,30)(H,27,31)(H,32,33)(H2,28,29,34)/t19-/m0/s1. The van der Waals surface area contributed by atoms with Crippen LogP contribution in [0.1, 0.15) is 34.3 Å². The summed E-state index contributed by atoms with van der Waals surface area (Å²) in [5, 5.41) is 18.9. The van der Waals surface area contributed by atoms with Crippen LogP contribution in [-0.2, 0) is 9.59 Å². The number of primary amides is 1. The van der Waals surface area contributed by atoms with E-state index in [1.165, 1.54) is 0 Å². The fraction of sp³-hybridized carbons (Fsp3) is 0.200. The molecule has 0 aliphatic heterocycles. The molecule has 0 bridgehead atoms. The van der Waals surface area contributed by atoms with E-state index in [0.717, 1.165) is 21.9 Å². The number of carboxylic acid groups (broad SMARTS) is 1. The molecule has 3 aromatic rings. The van der Waals surface area contributed by atoms with Gasteiger partial charge < -0.3 is 26.8 Å². The quantitative estimate of drug-likeness (QED) is 0.347. The molecule has 0 spiro atoms. The lowest BCUT2D eigenvalue weighted by atomic mass is 10.0. The number of amides is 4. The molecule has 0 fully saturated rings. The van der Waals surface area contributed by atoms with Gasteiger partial charge in [-0.3, -0.25) is 9.59 Å². The van der Waals surface area contributed by atoms with Crippen LogP contribution in [-0.4, -0.2) is 35.0 Å². The van der Waals surface area contributed by atoms with Gasteiger partial charge in [0.25, 0.3) is 5.91 Å². The first-order valence-electron chi connectivity index (χ1n) is 10.6. The molecular weight excluding hydrogens is 436 g/mol. The lowest BCUT2D eigenvalue weighted by molar-refractivity contribution is -0.139. The number of benzene rings is 3. The number of carbonyl (C=O) groups is 4. The Morgan fingerprint density at radius 2 is 1.53 bits per heavy atom. The van der Waals surface area contributed by atoms with E-state index < -0.39 is 29.9 Å². The number of rotatable bonds is 8. The number of urea groups is 1. The molecule has 0 unspecified atom stereocenters. The van der Waals surface area contributed by atoms with Crippen molar-refractivity contribution in [3.8, 4) is 0 Å². The summed E-state index contributed by atoms with van der Waals surface area (Å²) >= 11 is 0. The number of nitrogens with one attached hydrogen (secondary N) is 3. The molecule has 0 saturated carbocycles. The molecule has 0 radical (unpaired) electrons. The number of carboxylic acids is 1. The maximum atomic E-state index is 13.1. The van der Waals surface area contributed by atoms with Crippen LogP contribution in [0.2, 0.25) is 0 Å². The van der Waals surface area contributed by atoms with Gasteiger partial charge in [0.05, 0.1) is 11.3 Å². The summed E-state index contributed by atoms with van der Waals surface area (Å²) in [6.07, 6.45) is -0.349. The van der Waals surface area contributed by atoms with Crippen LogP contribution in [0.25, 0.3) is 10.8 Å². The molecular formula is C25H26N4O5. The number of hydrogen-bond donors (Lipinski definition) is 5. The third-order valence-electron chi connectivity index (χ3n) is 5.38. The molecule has 0 heterocycles. The molecule has 34 heavy (non-hydrogen) atoms. The number of carbonyl (C=O) groups excluding carboxylic acids is 3. The minimum atomic E-state index is -1.32. The van der Waals surface area contributed by atoms with E-state index in [0.29, 0.717) is 5.69 Å². The Bertz CT molecular complexity index is 1250. The third kappa shape index (κ3) is 5.89. The zero-order valence-electron chi connectivity index (χ0n) is 18.8. The molecule has 0 aromatic heterocycles.